The van der Waals surface area contributed by atoms with Gasteiger partial charge in [0.1, 0.15) is 5.82 Å². The predicted molar refractivity (Wildman–Crippen MR) is 78.2 cm³/mol. The third kappa shape index (κ3) is 3.07. The number of anilines is 1. The van der Waals surface area contributed by atoms with E-state index in [0.29, 0.717) is 5.56 Å². The van der Waals surface area contributed by atoms with Gasteiger partial charge in [-0.1, -0.05) is 6.07 Å². The van der Waals surface area contributed by atoms with E-state index in [2.05, 4.69) is 27.9 Å². The van der Waals surface area contributed by atoms with Gasteiger partial charge in [0.2, 0.25) is 0 Å². The summed E-state index contributed by atoms with van der Waals surface area (Å²) in [6.07, 6.45) is 0. The lowest BCUT2D eigenvalue weighted by Crippen LogP contribution is -2.12. The highest BCUT2D eigenvalue weighted by Crippen LogP contribution is 2.16. The molecule has 0 unspecified atom stereocenters. The molecule has 0 aliphatic rings. The summed E-state index contributed by atoms with van der Waals surface area (Å²) in [5, 5.41) is 2.56. The highest BCUT2D eigenvalue weighted by Gasteiger charge is 2.09. The zero-order chi connectivity index (χ0) is 13.1. The number of rotatable bonds is 2. The molecule has 18 heavy (non-hydrogen) atoms. The topological polar surface area (TPSA) is 29.1 Å². The van der Waals surface area contributed by atoms with Crippen LogP contribution in [0.1, 0.15) is 15.9 Å². The second-order valence-corrected chi connectivity index (χ2v) is 5.19. The molecule has 2 nitrogen and oxygen atoms in total. The molecule has 0 saturated carbocycles. The summed E-state index contributed by atoms with van der Waals surface area (Å²) in [6.45, 7) is 1.80. The summed E-state index contributed by atoms with van der Waals surface area (Å²) in [5.74, 6) is -0.733. The minimum absolute atomic E-state index is 0.198. The van der Waals surface area contributed by atoms with Crippen LogP contribution in [0, 0.1) is 16.3 Å². The summed E-state index contributed by atoms with van der Waals surface area (Å²) in [5.41, 5.74) is 1.53. The molecule has 0 spiro atoms. The van der Waals surface area contributed by atoms with Crippen LogP contribution in [-0.4, -0.2) is 5.91 Å². The summed E-state index contributed by atoms with van der Waals surface area (Å²) in [6, 6.07) is 11.8. The van der Waals surface area contributed by atoms with Crippen LogP contribution in [0.3, 0.4) is 0 Å². The van der Waals surface area contributed by atoms with Gasteiger partial charge in [0.15, 0.2) is 0 Å². The van der Waals surface area contributed by atoms with Crippen molar-refractivity contribution in [1.29, 1.82) is 0 Å². The fourth-order valence-electron chi connectivity index (χ4n) is 1.52. The van der Waals surface area contributed by atoms with Crippen molar-refractivity contribution in [1.82, 2.24) is 0 Å². The molecule has 92 valence electrons. The lowest BCUT2D eigenvalue weighted by atomic mass is 10.2. The average molecular weight is 355 g/mol. The number of carbonyl (C=O) groups is 1. The van der Waals surface area contributed by atoms with Gasteiger partial charge in [-0.3, -0.25) is 4.79 Å². The highest BCUT2D eigenvalue weighted by atomic mass is 127. The van der Waals surface area contributed by atoms with Crippen LogP contribution in [0.2, 0.25) is 0 Å². The zero-order valence-corrected chi connectivity index (χ0v) is 11.9. The van der Waals surface area contributed by atoms with Gasteiger partial charge in [0.05, 0.1) is 5.69 Å². The molecule has 1 N–H and O–H groups in total. The first-order valence-corrected chi connectivity index (χ1v) is 6.47. The molecule has 0 bridgehead atoms. The van der Waals surface area contributed by atoms with Crippen molar-refractivity contribution in [3.8, 4) is 0 Å². The van der Waals surface area contributed by atoms with Crippen LogP contribution < -0.4 is 5.32 Å². The first-order valence-electron chi connectivity index (χ1n) is 5.39. The van der Waals surface area contributed by atoms with E-state index in [-0.39, 0.29) is 11.6 Å². The number of benzene rings is 2. The summed E-state index contributed by atoms with van der Waals surface area (Å²) >= 11 is 2.16. The first-order chi connectivity index (χ1) is 8.56. The van der Waals surface area contributed by atoms with E-state index in [9.17, 15) is 9.18 Å². The molecule has 0 fully saturated rings. The largest absolute Gasteiger partial charge is 0.319 e. The van der Waals surface area contributed by atoms with E-state index in [1.54, 1.807) is 31.2 Å². The predicted octanol–water partition coefficient (Wildman–Crippen LogP) is 3.99. The van der Waals surface area contributed by atoms with Gasteiger partial charge < -0.3 is 5.32 Å². The molecule has 0 aliphatic carbocycles. The maximum Gasteiger partial charge on any atom is 0.255 e. The van der Waals surface area contributed by atoms with Gasteiger partial charge in [-0.05, 0) is 71.5 Å². The Morgan fingerprint density at radius 3 is 2.44 bits per heavy atom. The molecule has 0 atom stereocenters. The van der Waals surface area contributed by atoms with Crippen molar-refractivity contribution < 1.29 is 9.18 Å². The van der Waals surface area contributed by atoms with E-state index in [1.165, 1.54) is 6.07 Å². The van der Waals surface area contributed by atoms with Crippen LogP contribution in [0.15, 0.2) is 42.5 Å². The van der Waals surface area contributed by atoms with Crippen molar-refractivity contribution in [3.05, 3.63) is 63.0 Å². The Morgan fingerprint density at radius 2 is 1.83 bits per heavy atom. The zero-order valence-electron chi connectivity index (χ0n) is 9.71. The number of nitrogens with one attached hydrogen (secondary N) is 1. The van der Waals surface area contributed by atoms with Crippen molar-refractivity contribution >= 4 is 34.2 Å². The molecule has 0 radical (unpaired) electrons. The van der Waals surface area contributed by atoms with E-state index in [4.69, 9.17) is 0 Å². The summed E-state index contributed by atoms with van der Waals surface area (Å²) < 4.78 is 14.6. The van der Waals surface area contributed by atoms with Gasteiger partial charge in [0.25, 0.3) is 5.91 Å². The lowest BCUT2D eigenvalue weighted by molar-refractivity contribution is 0.102. The Bertz CT molecular complexity index is 581. The van der Waals surface area contributed by atoms with Crippen LogP contribution >= 0.6 is 22.6 Å². The van der Waals surface area contributed by atoms with Crippen LogP contribution in [0.4, 0.5) is 10.1 Å². The monoisotopic (exact) mass is 355 g/mol. The van der Waals surface area contributed by atoms with Gasteiger partial charge in [-0.15, -0.1) is 0 Å². The Hall–Kier alpha value is -1.43. The Morgan fingerprint density at radius 1 is 1.17 bits per heavy atom. The first kappa shape index (κ1) is 13.0. The van der Waals surface area contributed by atoms with E-state index >= 15 is 0 Å². The number of amides is 1. The van der Waals surface area contributed by atoms with Crippen LogP contribution in [0.5, 0.6) is 0 Å². The number of hydrogen-bond donors (Lipinski definition) is 1. The molecule has 2 aromatic carbocycles. The minimum Gasteiger partial charge on any atom is -0.319 e. The second-order valence-electron chi connectivity index (χ2n) is 3.94. The minimum atomic E-state index is -0.422. The second kappa shape index (κ2) is 5.48. The number of hydrogen-bond acceptors (Lipinski definition) is 1. The van der Waals surface area contributed by atoms with Crippen molar-refractivity contribution in [3.63, 3.8) is 0 Å². The molecule has 0 saturated heterocycles. The normalized spacial score (nSPS) is 10.2. The van der Waals surface area contributed by atoms with Gasteiger partial charge in [-0.25, -0.2) is 4.39 Å². The van der Waals surface area contributed by atoms with Crippen molar-refractivity contribution in [2.24, 2.45) is 0 Å². The fourth-order valence-corrected chi connectivity index (χ4v) is 1.88. The van der Waals surface area contributed by atoms with Gasteiger partial charge in [0, 0.05) is 9.13 Å². The van der Waals surface area contributed by atoms with Crippen molar-refractivity contribution in [2.75, 3.05) is 5.32 Å². The maximum absolute atomic E-state index is 13.6. The van der Waals surface area contributed by atoms with E-state index in [0.717, 1.165) is 9.13 Å². The maximum atomic E-state index is 13.6. The molecule has 2 aromatic rings. The SMILES string of the molecule is Cc1ccc(NC(=O)c2ccc(I)cc2)c(F)c1. The van der Waals surface area contributed by atoms with Gasteiger partial charge in [-0.2, -0.15) is 0 Å². The smallest absolute Gasteiger partial charge is 0.255 e. The summed E-state index contributed by atoms with van der Waals surface area (Å²) in [4.78, 5) is 11.9. The van der Waals surface area contributed by atoms with E-state index < -0.39 is 5.82 Å². The molecule has 4 heteroatoms. The van der Waals surface area contributed by atoms with Crippen LogP contribution in [0.25, 0.3) is 0 Å². The third-order valence-corrected chi connectivity index (χ3v) is 3.20. The van der Waals surface area contributed by atoms with Crippen LogP contribution in [-0.2, 0) is 0 Å². The standard InChI is InChI=1S/C14H11FINO/c1-9-2-7-13(12(15)8-9)17-14(18)10-3-5-11(16)6-4-10/h2-8H,1H3,(H,17,18). The molecular weight excluding hydrogens is 344 g/mol. The molecule has 0 aromatic heterocycles. The molecule has 1 amide bonds. The van der Waals surface area contributed by atoms with E-state index in [1.807, 2.05) is 12.1 Å². The highest BCUT2D eigenvalue weighted by molar-refractivity contribution is 14.1. The average Bonchev–Trinajstić information content (AvgIpc) is 2.33. The molecule has 2 rings (SSSR count). The molecule has 0 heterocycles. The summed E-state index contributed by atoms with van der Waals surface area (Å²) in [7, 11) is 0. The van der Waals surface area contributed by atoms with Crippen molar-refractivity contribution in [2.45, 2.75) is 6.92 Å². The van der Waals surface area contributed by atoms with Gasteiger partial charge >= 0.3 is 0 Å². The Balaban J connectivity index is 2.18. The quantitative estimate of drug-likeness (QED) is 0.811. The number of halogens is 2. The lowest BCUT2D eigenvalue weighted by Gasteiger charge is -2.07. The third-order valence-electron chi connectivity index (χ3n) is 2.48. The fraction of sp³-hybridized carbons (Fsp3) is 0.0714. The Kier molecular flexibility index (Phi) is 3.96. The Labute approximate surface area is 118 Å². The molecular formula is C14H11FINO. The number of carbonyl (C=O) groups excluding carboxylic acids is 1. The number of aryl methyl sites for hydroxylation is 1. The molecule has 0 aliphatic heterocycles.